The van der Waals surface area contributed by atoms with E-state index in [2.05, 4.69) is 0 Å². The summed E-state index contributed by atoms with van der Waals surface area (Å²) >= 11 is 0. The molecule has 0 radical (unpaired) electrons. The van der Waals surface area contributed by atoms with Crippen LogP contribution in [0.25, 0.3) is 0 Å². The van der Waals surface area contributed by atoms with Gasteiger partial charge in [-0.2, -0.15) is 0 Å². The molecule has 0 spiro atoms. The normalized spacial score (nSPS) is 33.1. The Morgan fingerprint density at radius 2 is 2.00 bits per heavy atom. The Labute approximate surface area is 79.7 Å². The van der Waals surface area contributed by atoms with Gasteiger partial charge in [0.05, 0.1) is 6.61 Å². The van der Waals surface area contributed by atoms with Crippen molar-refractivity contribution in [3.8, 4) is 0 Å². The third kappa shape index (κ3) is 1.64. The molecule has 0 amide bonds. The Kier molecular flexibility index (Phi) is 2.68. The predicted octanol–water partition coefficient (Wildman–Crippen LogP) is 2.17. The Balaban J connectivity index is 2.07. The highest BCUT2D eigenvalue weighted by atomic mass is 16.5. The average molecular weight is 182 g/mol. The zero-order valence-corrected chi connectivity index (χ0v) is 8.13. The molecule has 1 saturated heterocycles. The molecule has 0 N–H and O–H groups in total. The average Bonchev–Trinajstić information content (AvgIpc) is 2.72. The molecule has 0 aromatic rings. The van der Waals surface area contributed by atoms with Crippen LogP contribution in [0.3, 0.4) is 0 Å². The van der Waals surface area contributed by atoms with E-state index in [9.17, 15) is 4.79 Å². The van der Waals surface area contributed by atoms with Gasteiger partial charge in [-0.1, -0.05) is 19.3 Å². The highest BCUT2D eigenvalue weighted by Gasteiger charge is 2.41. The maximum atomic E-state index is 11.2. The highest BCUT2D eigenvalue weighted by Crippen LogP contribution is 2.43. The minimum atomic E-state index is -0.00521. The number of hydrogen-bond donors (Lipinski definition) is 0. The quantitative estimate of drug-likeness (QED) is 0.612. The molecule has 13 heavy (non-hydrogen) atoms. The molecule has 74 valence electrons. The lowest BCUT2D eigenvalue weighted by Crippen LogP contribution is -2.34. The van der Waals surface area contributed by atoms with Gasteiger partial charge in [0.25, 0.3) is 0 Å². The fourth-order valence-electron chi connectivity index (χ4n) is 2.82. The minimum Gasteiger partial charge on any atom is -0.381 e. The molecule has 1 heterocycles. The summed E-state index contributed by atoms with van der Waals surface area (Å²) in [5, 5.41) is 0. The van der Waals surface area contributed by atoms with Crippen LogP contribution in [-0.2, 0) is 9.53 Å². The summed E-state index contributed by atoms with van der Waals surface area (Å²) in [4.78, 5) is 11.2. The smallest absolute Gasteiger partial charge is 0.126 e. The second kappa shape index (κ2) is 3.79. The molecule has 0 aromatic heterocycles. The van der Waals surface area contributed by atoms with Crippen molar-refractivity contribution >= 4 is 6.29 Å². The van der Waals surface area contributed by atoms with Crippen molar-refractivity contribution in [3.05, 3.63) is 0 Å². The maximum Gasteiger partial charge on any atom is 0.126 e. The SMILES string of the molecule is O=CC1(C2CCOC2)CCCCC1. The van der Waals surface area contributed by atoms with E-state index >= 15 is 0 Å². The van der Waals surface area contributed by atoms with Crippen LogP contribution in [0.2, 0.25) is 0 Å². The zero-order valence-electron chi connectivity index (χ0n) is 8.13. The summed E-state index contributed by atoms with van der Waals surface area (Å²) in [6, 6.07) is 0. The van der Waals surface area contributed by atoms with Crippen molar-refractivity contribution in [1.29, 1.82) is 0 Å². The summed E-state index contributed by atoms with van der Waals surface area (Å²) in [7, 11) is 0. The van der Waals surface area contributed by atoms with Crippen LogP contribution in [-0.4, -0.2) is 19.5 Å². The minimum absolute atomic E-state index is 0.00521. The zero-order chi connectivity index (χ0) is 9.15. The Hall–Kier alpha value is -0.370. The molecular formula is C11H18O2. The van der Waals surface area contributed by atoms with Gasteiger partial charge in [-0.15, -0.1) is 0 Å². The lowest BCUT2D eigenvalue weighted by molar-refractivity contribution is -0.121. The van der Waals surface area contributed by atoms with Crippen molar-refractivity contribution < 1.29 is 9.53 Å². The fraction of sp³-hybridized carbons (Fsp3) is 0.909. The number of ether oxygens (including phenoxy) is 1. The number of aldehydes is 1. The standard InChI is InChI=1S/C11H18O2/c12-9-11(5-2-1-3-6-11)10-4-7-13-8-10/h9-10H,1-8H2. The van der Waals surface area contributed by atoms with E-state index in [1.807, 2.05) is 0 Å². The predicted molar refractivity (Wildman–Crippen MR) is 50.5 cm³/mol. The molecule has 1 unspecified atom stereocenters. The Morgan fingerprint density at radius 1 is 1.23 bits per heavy atom. The van der Waals surface area contributed by atoms with E-state index in [-0.39, 0.29) is 5.41 Å². The second-order valence-corrected chi connectivity index (χ2v) is 4.47. The molecule has 2 aliphatic rings. The maximum absolute atomic E-state index is 11.2. The van der Waals surface area contributed by atoms with Gasteiger partial charge >= 0.3 is 0 Å². The van der Waals surface area contributed by atoms with Gasteiger partial charge in [0.15, 0.2) is 0 Å². The molecule has 1 saturated carbocycles. The first-order valence-corrected chi connectivity index (χ1v) is 5.41. The highest BCUT2D eigenvalue weighted by molar-refractivity contribution is 5.60. The summed E-state index contributed by atoms with van der Waals surface area (Å²) in [5.74, 6) is 0.519. The topological polar surface area (TPSA) is 26.3 Å². The first-order valence-electron chi connectivity index (χ1n) is 5.41. The van der Waals surface area contributed by atoms with E-state index in [0.717, 1.165) is 32.5 Å². The van der Waals surface area contributed by atoms with Gasteiger partial charge in [-0.05, 0) is 25.2 Å². The van der Waals surface area contributed by atoms with Crippen molar-refractivity contribution in [2.45, 2.75) is 38.5 Å². The van der Waals surface area contributed by atoms with Gasteiger partial charge in [-0.25, -0.2) is 0 Å². The van der Waals surface area contributed by atoms with Crippen LogP contribution in [0, 0.1) is 11.3 Å². The molecule has 1 aliphatic carbocycles. The van der Waals surface area contributed by atoms with Crippen LogP contribution >= 0.6 is 0 Å². The lowest BCUT2D eigenvalue weighted by Gasteiger charge is -2.36. The van der Waals surface area contributed by atoms with E-state index < -0.39 is 0 Å². The number of rotatable bonds is 2. The summed E-state index contributed by atoms with van der Waals surface area (Å²) in [5.41, 5.74) is -0.00521. The van der Waals surface area contributed by atoms with Crippen LogP contribution in [0.5, 0.6) is 0 Å². The molecule has 2 nitrogen and oxygen atoms in total. The monoisotopic (exact) mass is 182 g/mol. The molecule has 1 aliphatic heterocycles. The van der Waals surface area contributed by atoms with Crippen LogP contribution < -0.4 is 0 Å². The third-order valence-electron chi connectivity index (χ3n) is 3.76. The lowest BCUT2D eigenvalue weighted by atomic mass is 9.66. The molecule has 2 heteroatoms. The van der Waals surface area contributed by atoms with Crippen LogP contribution in [0.15, 0.2) is 0 Å². The first kappa shape index (κ1) is 9.20. The van der Waals surface area contributed by atoms with Gasteiger partial charge < -0.3 is 9.53 Å². The number of carbonyl (C=O) groups is 1. The Morgan fingerprint density at radius 3 is 2.54 bits per heavy atom. The van der Waals surface area contributed by atoms with E-state index in [1.54, 1.807) is 0 Å². The molecule has 2 rings (SSSR count). The van der Waals surface area contributed by atoms with E-state index in [0.29, 0.717) is 5.92 Å². The molecule has 0 bridgehead atoms. The van der Waals surface area contributed by atoms with Crippen LogP contribution in [0.4, 0.5) is 0 Å². The van der Waals surface area contributed by atoms with E-state index in [1.165, 1.54) is 25.5 Å². The van der Waals surface area contributed by atoms with Gasteiger partial charge in [-0.3, -0.25) is 0 Å². The fourth-order valence-corrected chi connectivity index (χ4v) is 2.82. The largest absolute Gasteiger partial charge is 0.381 e. The van der Waals surface area contributed by atoms with Gasteiger partial charge in [0.2, 0.25) is 0 Å². The summed E-state index contributed by atoms with van der Waals surface area (Å²) in [6.07, 6.45) is 8.30. The van der Waals surface area contributed by atoms with Gasteiger partial charge in [0, 0.05) is 12.0 Å². The molecule has 1 atom stereocenters. The number of hydrogen-bond acceptors (Lipinski definition) is 2. The molecule has 0 aromatic carbocycles. The molecule has 2 fully saturated rings. The molecular weight excluding hydrogens is 164 g/mol. The van der Waals surface area contributed by atoms with E-state index in [4.69, 9.17) is 4.74 Å². The van der Waals surface area contributed by atoms with Crippen molar-refractivity contribution in [3.63, 3.8) is 0 Å². The third-order valence-corrected chi connectivity index (χ3v) is 3.76. The van der Waals surface area contributed by atoms with Crippen molar-refractivity contribution in [2.24, 2.45) is 11.3 Å². The van der Waals surface area contributed by atoms with Gasteiger partial charge in [0.1, 0.15) is 6.29 Å². The Bertz CT molecular complexity index is 177. The van der Waals surface area contributed by atoms with Crippen LogP contribution in [0.1, 0.15) is 38.5 Å². The number of carbonyl (C=O) groups excluding carboxylic acids is 1. The summed E-state index contributed by atoms with van der Waals surface area (Å²) < 4.78 is 5.38. The summed E-state index contributed by atoms with van der Waals surface area (Å²) in [6.45, 7) is 1.68. The first-order chi connectivity index (χ1) is 6.37. The second-order valence-electron chi connectivity index (χ2n) is 4.47. The van der Waals surface area contributed by atoms with Crippen molar-refractivity contribution in [1.82, 2.24) is 0 Å². The van der Waals surface area contributed by atoms with Crippen molar-refractivity contribution in [2.75, 3.05) is 13.2 Å².